The lowest BCUT2D eigenvalue weighted by atomic mass is 9.77. The van der Waals surface area contributed by atoms with Crippen LogP contribution in [0.4, 0.5) is 0 Å². The first-order chi connectivity index (χ1) is 6.12. The summed E-state index contributed by atoms with van der Waals surface area (Å²) in [6, 6.07) is 0. The van der Waals surface area contributed by atoms with E-state index in [-0.39, 0.29) is 29.2 Å². The number of ketones is 1. The lowest BCUT2D eigenvalue weighted by molar-refractivity contribution is -0.155. The van der Waals surface area contributed by atoms with Crippen molar-refractivity contribution in [2.75, 3.05) is 0 Å². The quantitative estimate of drug-likeness (QED) is 0.411. The molecular weight excluding hydrogens is 168 g/mol. The number of fused-ring (bicyclic) bond motifs is 1. The molecule has 0 aromatic carbocycles. The van der Waals surface area contributed by atoms with Gasteiger partial charge in [0, 0.05) is 11.8 Å². The molecule has 0 aromatic heterocycles. The second kappa shape index (κ2) is 1.97. The van der Waals surface area contributed by atoms with Crippen LogP contribution >= 0.6 is 0 Å². The third-order valence-corrected chi connectivity index (χ3v) is 4.01. The van der Waals surface area contributed by atoms with Crippen LogP contribution in [0.2, 0.25) is 0 Å². The van der Waals surface area contributed by atoms with Crippen molar-refractivity contribution in [2.45, 2.75) is 31.8 Å². The molecule has 2 saturated carbocycles. The van der Waals surface area contributed by atoms with E-state index in [0.717, 1.165) is 19.3 Å². The van der Waals surface area contributed by atoms with E-state index in [2.05, 4.69) is 0 Å². The molecule has 70 valence electrons. The number of hydrogen-bond donors (Lipinski definition) is 0. The zero-order valence-electron chi connectivity index (χ0n) is 7.58. The van der Waals surface area contributed by atoms with E-state index < -0.39 is 5.92 Å². The first-order valence-electron chi connectivity index (χ1n) is 4.88. The molecule has 0 spiro atoms. The highest BCUT2D eigenvalue weighted by Crippen LogP contribution is 2.55. The van der Waals surface area contributed by atoms with E-state index in [1.54, 1.807) is 0 Å². The number of carbonyl (C=O) groups excluding carboxylic acids is 2. The maximum Gasteiger partial charge on any atom is 0.317 e. The van der Waals surface area contributed by atoms with Crippen LogP contribution in [0.3, 0.4) is 0 Å². The van der Waals surface area contributed by atoms with E-state index in [4.69, 9.17) is 4.74 Å². The minimum atomic E-state index is -0.405. The molecule has 1 saturated heterocycles. The Morgan fingerprint density at radius 3 is 3.00 bits per heavy atom. The Labute approximate surface area is 76.4 Å². The summed E-state index contributed by atoms with van der Waals surface area (Å²) in [5.41, 5.74) is -0.315. The lowest BCUT2D eigenvalue weighted by Gasteiger charge is -2.33. The molecule has 0 unspecified atom stereocenters. The average molecular weight is 180 g/mol. The fourth-order valence-electron chi connectivity index (χ4n) is 3.22. The van der Waals surface area contributed by atoms with Crippen LogP contribution in [0.15, 0.2) is 0 Å². The molecule has 1 aliphatic heterocycles. The molecule has 2 bridgehead atoms. The van der Waals surface area contributed by atoms with Crippen LogP contribution in [-0.4, -0.2) is 17.4 Å². The Kier molecular flexibility index (Phi) is 1.14. The van der Waals surface area contributed by atoms with Gasteiger partial charge in [0.15, 0.2) is 5.78 Å². The zero-order chi connectivity index (χ0) is 9.22. The van der Waals surface area contributed by atoms with E-state index >= 15 is 0 Å². The van der Waals surface area contributed by atoms with Crippen molar-refractivity contribution < 1.29 is 14.3 Å². The smallest absolute Gasteiger partial charge is 0.317 e. The molecular formula is C10H12O3. The molecule has 3 rings (SSSR count). The van der Waals surface area contributed by atoms with Gasteiger partial charge < -0.3 is 4.74 Å². The Morgan fingerprint density at radius 1 is 1.46 bits per heavy atom. The second-order valence-electron chi connectivity index (χ2n) is 4.69. The highest BCUT2D eigenvalue weighted by Gasteiger charge is 2.63. The highest BCUT2D eigenvalue weighted by atomic mass is 16.6. The van der Waals surface area contributed by atoms with Gasteiger partial charge in [0.25, 0.3) is 0 Å². The van der Waals surface area contributed by atoms with Crippen LogP contribution in [0.25, 0.3) is 0 Å². The van der Waals surface area contributed by atoms with Gasteiger partial charge in [0.2, 0.25) is 0 Å². The Balaban J connectivity index is 2.11. The Morgan fingerprint density at radius 2 is 2.23 bits per heavy atom. The molecule has 2 aliphatic carbocycles. The SMILES string of the molecule is C[C@@]12CC[C@@H]3C[C@H]1[C@H](C(=O)O2)C3=O. The molecule has 0 aromatic rings. The number of carbonyl (C=O) groups is 2. The second-order valence-corrected chi connectivity index (χ2v) is 4.69. The number of rotatable bonds is 0. The van der Waals surface area contributed by atoms with E-state index in [1.807, 2.05) is 6.92 Å². The van der Waals surface area contributed by atoms with Crippen LogP contribution in [0, 0.1) is 17.8 Å². The number of ether oxygens (including phenoxy) is 1. The Bertz CT molecular complexity index is 309. The Hall–Kier alpha value is -0.860. The molecule has 3 fully saturated rings. The lowest BCUT2D eigenvalue weighted by Crippen LogP contribution is -2.35. The highest BCUT2D eigenvalue weighted by molar-refractivity contribution is 6.04. The minimum absolute atomic E-state index is 0.149. The van der Waals surface area contributed by atoms with Gasteiger partial charge in [-0.2, -0.15) is 0 Å². The summed E-state index contributed by atoms with van der Waals surface area (Å²) in [7, 11) is 0. The minimum Gasteiger partial charge on any atom is -0.458 e. The van der Waals surface area contributed by atoms with E-state index in [1.165, 1.54) is 0 Å². The van der Waals surface area contributed by atoms with Gasteiger partial charge in [-0.3, -0.25) is 9.59 Å². The van der Waals surface area contributed by atoms with Gasteiger partial charge in [0.1, 0.15) is 11.5 Å². The summed E-state index contributed by atoms with van der Waals surface area (Å²) >= 11 is 0. The summed E-state index contributed by atoms with van der Waals surface area (Å²) in [5.74, 6) is -0.171. The van der Waals surface area contributed by atoms with Gasteiger partial charge in [-0.25, -0.2) is 0 Å². The van der Waals surface area contributed by atoms with Crippen molar-refractivity contribution in [3.05, 3.63) is 0 Å². The summed E-state index contributed by atoms with van der Waals surface area (Å²) in [5, 5.41) is 0. The van der Waals surface area contributed by atoms with Gasteiger partial charge in [-0.15, -0.1) is 0 Å². The molecule has 1 heterocycles. The maximum absolute atomic E-state index is 11.7. The monoisotopic (exact) mass is 180 g/mol. The van der Waals surface area contributed by atoms with Crippen molar-refractivity contribution in [3.63, 3.8) is 0 Å². The predicted octanol–water partition coefficient (Wildman–Crippen LogP) is 0.917. The molecule has 3 heteroatoms. The largest absolute Gasteiger partial charge is 0.458 e. The first kappa shape index (κ1) is 7.54. The summed E-state index contributed by atoms with van der Waals surface area (Å²) in [6.07, 6.45) is 2.66. The van der Waals surface area contributed by atoms with Crippen LogP contribution in [0.1, 0.15) is 26.2 Å². The average Bonchev–Trinajstić information content (AvgIpc) is 2.48. The van der Waals surface area contributed by atoms with Gasteiger partial charge in [-0.05, 0) is 26.2 Å². The molecule has 3 nitrogen and oxygen atoms in total. The molecule has 0 N–H and O–H groups in total. The topological polar surface area (TPSA) is 43.4 Å². The summed E-state index contributed by atoms with van der Waals surface area (Å²) < 4.78 is 5.31. The maximum atomic E-state index is 11.7. The first-order valence-corrected chi connectivity index (χ1v) is 4.88. The number of Topliss-reactive ketones (excluding diaryl/α,β-unsaturated/α-hetero) is 1. The van der Waals surface area contributed by atoms with Crippen molar-refractivity contribution in [1.29, 1.82) is 0 Å². The zero-order valence-corrected chi connectivity index (χ0v) is 7.58. The fraction of sp³-hybridized carbons (Fsp3) is 0.800. The van der Waals surface area contributed by atoms with E-state index in [0.29, 0.717) is 0 Å². The van der Waals surface area contributed by atoms with Gasteiger partial charge >= 0.3 is 5.97 Å². The third-order valence-electron chi connectivity index (χ3n) is 4.01. The van der Waals surface area contributed by atoms with Crippen LogP contribution in [-0.2, 0) is 14.3 Å². The molecule has 3 aliphatic rings. The van der Waals surface area contributed by atoms with E-state index in [9.17, 15) is 9.59 Å². The number of esters is 1. The van der Waals surface area contributed by atoms with Crippen LogP contribution in [0.5, 0.6) is 0 Å². The van der Waals surface area contributed by atoms with Gasteiger partial charge in [0.05, 0.1) is 0 Å². The van der Waals surface area contributed by atoms with Crippen molar-refractivity contribution in [3.8, 4) is 0 Å². The van der Waals surface area contributed by atoms with Gasteiger partial charge in [-0.1, -0.05) is 0 Å². The summed E-state index contributed by atoms with van der Waals surface area (Å²) in [4.78, 5) is 23.1. The predicted molar refractivity (Wildman–Crippen MR) is 43.8 cm³/mol. The van der Waals surface area contributed by atoms with Crippen molar-refractivity contribution >= 4 is 11.8 Å². The molecule has 0 amide bonds. The fourth-order valence-corrected chi connectivity index (χ4v) is 3.22. The standard InChI is InChI=1S/C10H12O3/c1-10-3-2-5-4-6(10)7(8(5)11)9(12)13-10/h5-7H,2-4H2,1H3/t5-,6+,7+,10-/m1/s1. The van der Waals surface area contributed by atoms with Crippen LogP contribution < -0.4 is 0 Å². The normalized spacial score (nSPS) is 52.5. The molecule has 4 atom stereocenters. The van der Waals surface area contributed by atoms with Crippen molar-refractivity contribution in [1.82, 2.24) is 0 Å². The summed E-state index contributed by atoms with van der Waals surface area (Å²) in [6.45, 7) is 1.98. The molecule has 0 radical (unpaired) electrons. The number of hydrogen-bond acceptors (Lipinski definition) is 3. The third kappa shape index (κ3) is 0.713. The molecule has 13 heavy (non-hydrogen) atoms. The van der Waals surface area contributed by atoms with Crippen molar-refractivity contribution in [2.24, 2.45) is 17.8 Å².